The first-order chi connectivity index (χ1) is 14.5. The van der Waals surface area contributed by atoms with Gasteiger partial charge in [-0.25, -0.2) is 5.01 Å². The first-order valence-electron chi connectivity index (χ1n) is 12.0. The molecule has 0 spiro atoms. The van der Waals surface area contributed by atoms with Crippen LogP contribution < -0.4 is 10.7 Å². The Morgan fingerprint density at radius 1 is 1.07 bits per heavy atom. The topological polar surface area (TPSA) is 77.2 Å². The van der Waals surface area contributed by atoms with Gasteiger partial charge in [0.2, 0.25) is 5.91 Å². The third-order valence-electron chi connectivity index (χ3n) is 8.13. The summed E-state index contributed by atoms with van der Waals surface area (Å²) in [6.07, 6.45) is 7.40. The zero-order chi connectivity index (χ0) is 20.8. The Labute approximate surface area is 179 Å². The summed E-state index contributed by atoms with van der Waals surface area (Å²) in [6.45, 7) is 7.19. The Kier molecular flexibility index (Phi) is 5.77. The summed E-state index contributed by atoms with van der Waals surface area (Å²) < 4.78 is 5.75. The number of nitrogens with one attached hydrogen (secondary N) is 2. The fraction of sp³-hybridized carbons (Fsp3) is 0.909. The molecule has 1 saturated carbocycles. The molecule has 0 aromatic carbocycles. The van der Waals surface area contributed by atoms with Crippen molar-refractivity contribution in [2.24, 2.45) is 5.92 Å². The molecule has 168 valence electrons. The SMILES string of the molecule is CC(=O)N1C2CCC(C3CCC4NCCN4N3)CC2N(C(=O)C2CCCO2)C[C@@H]1C. The van der Waals surface area contributed by atoms with E-state index in [9.17, 15) is 9.59 Å². The molecule has 1 aliphatic carbocycles. The summed E-state index contributed by atoms with van der Waals surface area (Å²) >= 11 is 0. The molecule has 7 atom stereocenters. The standard InChI is InChI=1S/C22H37N5O3/c1-14-13-25(22(29)20-4-3-11-30-20)19-12-16(5-7-18(19)27(14)15(2)28)17-6-8-21-23-9-10-26(21)24-17/h14,16-21,23-24H,3-13H2,1-2H3/t14-,16?,17?,18?,19?,20?,21?/m0/s1. The van der Waals surface area contributed by atoms with E-state index in [0.29, 0.717) is 31.3 Å². The van der Waals surface area contributed by atoms with E-state index in [1.54, 1.807) is 6.92 Å². The van der Waals surface area contributed by atoms with Crippen molar-refractivity contribution in [1.29, 1.82) is 0 Å². The average molecular weight is 420 g/mol. The second kappa shape index (κ2) is 8.37. The quantitative estimate of drug-likeness (QED) is 0.686. The van der Waals surface area contributed by atoms with E-state index in [1.165, 1.54) is 12.8 Å². The fourth-order valence-electron chi connectivity index (χ4n) is 6.76. The normalized spacial score (nSPS) is 42.1. The number of nitrogens with zero attached hydrogens (tertiary/aromatic N) is 3. The molecule has 0 aromatic heterocycles. The first kappa shape index (κ1) is 20.7. The number of carbonyl (C=O) groups is 2. The summed E-state index contributed by atoms with van der Waals surface area (Å²) in [5, 5.41) is 5.93. The molecule has 5 rings (SSSR count). The van der Waals surface area contributed by atoms with Crippen molar-refractivity contribution in [2.75, 3.05) is 26.2 Å². The van der Waals surface area contributed by atoms with E-state index in [2.05, 4.69) is 32.5 Å². The molecule has 0 aromatic rings. The summed E-state index contributed by atoms with van der Waals surface area (Å²) in [4.78, 5) is 30.0. The van der Waals surface area contributed by atoms with Gasteiger partial charge < -0.3 is 14.5 Å². The highest BCUT2D eigenvalue weighted by atomic mass is 16.5. The van der Waals surface area contributed by atoms with Gasteiger partial charge in [-0.15, -0.1) is 0 Å². The molecule has 5 aliphatic rings. The van der Waals surface area contributed by atoms with Crippen LogP contribution in [0.1, 0.15) is 58.8 Å². The van der Waals surface area contributed by atoms with E-state index in [-0.39, 0.29) is 36.0 Å². The van der Waals surface area contributed by atoms with E-state index < -0.39 is 0 Å². The Morgan fingerprint density at radius 2 is 1.93 bits per heavy atom. The van der Waals surface area contributed by atoms with E-state index in [1.807, 2.05) is 0 Å². The summed E-state index contributed by atoms with van der Waals surface area (Å²) in [6, 6.07) is 0.774. The minimum absolute atomic E-state index is 0.0647. The molecule has 0 radical (unpaired) electrons. The van der Waals surface area contributed by atoms with E-state index in [4.69, 9.17) is 4.74 Å². The average Bonchev–Trinajstić information content (AvgIpc) is 3.43. The molecule has 8 heteroatoms. The largest absolute Gasteiger partial charge is 0.368 e. The Hall–Kier alpha value is -1.22. The van der Waals surface area contributed by atoms with Crippen LogP contribution in [0.25, 0.3) is 0 Å². The van der Waals surface area contributed by atoms with Gasteiger partial charge in [-0.3, -0.25) is 20.3 Å². The number of piperazine rings is 1. The predicted octanol–water partition coefficient (Wildman–Crippen LogP) is 0.680. The van der Waals surface area contributed by atoms with Crippen molar-refractivity contribution in [1.82, 2.24) is 25.6 Å². The van der Waals surface area contributed by atoms with Crippen molar-refractivity contribution >= 4 is 11.8 Å². The van der Waals surface area contributed by atoms with Crippen LogP contribution in [-0.4, -0.2) is 89.3 Å². The molecular formula is C22H37N5O3. The van der Waals surface area contributed by atoms with Crippen molar-refractivity contribution in [3.05, 3.63) is 0 Å². The Bertz CT molecular complexity index is 669. The molecule has 6 unspecified atom stereocenters. The maximum Gasteiger partial charge on any atom is 0.252 e. The lowest BCUT2D eigenvalue weighted by Crippen LogP contribution is -2.68. The Morgan fingerprint density at radius 3 is 2.70 bits per heavy atom. The maximum atomic E-state index is 13.4. The van der Waals surface area contributed by atoms with Gasteiger partial charge in [0, 0.05) is 45.2 Å². The highest BCUT2D eigenvalue weighted by molar-refractivity contribution is 5.82. The lowest BCUT2D eigenvalue weighted by molar-refractivity contribution is -0.160. The van der Waals surface area contributed by atoms with Gasteiger partial charge in [0.05, 0.1) is 18.2 Å². The molecule has 4 aliphatic heterocycles. The van der Waals surface area contributed by atoms with Crippen LogP contribution >= 0.6 is 0 Å². The number of hydrogen-bond donors (Lipinski definition) is 2. The molecule has 30 heavy (non-hydrogen) atoms. The highest BCUT2D eigenvalue weighted by Crippen LogP contribution is 2.39. The third-order valence-corrected chi connectivity index (χ3v) is 8.13. The monoisotopic (exact) mass is 419 g/mol. The lowest BCUT2D eigenvalue weighted by Gasteiger charge is -2.55. The molecule has 4 saturated heterocycles. The van der Waals surface area contributed by atoms with Gasteiger partial charge in [-0.2, -0.15) is 0 Å². The lowest BCUT2D eigenvalue weighted by atomic mass is 9.74. The van der Waals surface area contributed by atoms with Crippen LogP contribution in [0, 0.1) is 5.92 Å². The molecular weight excluding hydrogens is 382 g/mol. The second-order valence-electron chi connectivity index (χ2n) is 9.95. The molecule has 4 heterocycles. The van der Waals surface area contributed by atoms with Gasteiger partial charge in [0.15, 0.2) is 0 Å². The molecule has 0 bridgehead atoms. The van der Waals surface area contributed by atoms with Crippen LogP contribution in [0.5, 0.6) is 0 Å². The summed E-state index contributed by atoms with van der Waals surface area (Å²) in [7, 11) is 0. The van der Waals surface area contributed by atoms with Gasteiger partial charge in [-0.05, 0) is 57.8 Å². The maximum absolute atomic E-state index is 13.4. The zero-order valence-electron chi connectivity index (χ0n) is 18.4. The van der Waals surface area contributed by atoms with Gasteiger partial charge >= 0.3 is 0 Å². The molecule has 8 nitrogen and oxygen atoms in total. The predicted molar refractivity (Wildman–Crippen MR) is 112 cm³/mol. The number of rotatable bonds is 2. The van der Waals surface area contributed by atoms with Crippen molar-refractivity contribution < 1.29 is 14.3 Å². The van der Waals surface area contributed by atoms with Crippen LogP contribution in [0.15, 0.2) is 0 Å². The van der Waals surface area contributed by atoms with Crippen LogP contribution in [0.2, 0.25) is 0 Å². The third kappa shape index (κ3) is 3.66. The van der Waals surface area contributed by atoms with Gasteiger partial charge in [0.1, 0.15) is 6.10 Å². The Balaban J connectivity index is 1.34. The minimum Gasteiger partial charge on any atom is -0.368 e. The number of hydrazine groups is 1. The van der Waals surface area contributed by atoms with Crippen LogP contribution in [0.4, 0.5) is 0 Å². The number of carbonyl (C=O) groups excluding carboxylic acids is 2. The smallest absolute Gasteiger partial charge is 0.252 e. The molecule has 5 fully saturated rings. The second-order valence-corrected chi connectivity index (χ2v) is 9.95. The first-order valence-corrected chi connectivity index (χ1v) is 12.0. The van der Waals surface area contributed by atoms with E-state index >= 15 is 0 Å². The highest BCUT2D eigenvalue weighted by Gasteiger charge is 2.49. The van der Waals surface area contributed by atoms with Crippen molar-refractivity contribution in [3.63, 3.8) is 0 Å². The number of ether oxygens (including phenoxy) is 1. The minimum atomic E-state index is -0.286. The van der Waals surface area contributed by atoms with Crippen molar-refractivity contribution in [3.8, 4) is 0 Å². The van der Waals surface area contributed by atoms with Gasteiger partial charge in [-0.1, -0.05) is 0 Å². The van der Waals surface area contributed by atoms with Crippen LogP contribution in [-0.2, 0) is 14.3 Å². The zero-order valence-corrected chi connectivity index (χ0v) is 18.4. The number of hydrogen-bond acceptors (Lipinski definition) is 6. The van der Waals surface area contributed by atoms with Crippen molar-refractivity contribution in [2.45, 2.75) is 95.2 Å². The van der Waals surface area contributed by atoms with E-state index in [0.717, 1.165) is 45.2 Å². The van der Waals surface area contributed by atoms with Gasteiger partial charge in [0.25, 0.3) is 5.91 Å². The number of fused-ring (bicyclic) bond motifs is 2. The van der Waals surface area contributed by atoms with Crippen LogP contribution in [0.3, 0.4) is 0 Å². The molecule has 2 N–H and O–H groups in total. The molecule has 2 amide bonds. The fourth-order valence-corrected chi connectivity index (χ4v) is 6.76. The summed E-state index contributed by atoms with van der Waals surface area (Å²) in [5.74, 6) is 0.829. The number of amides is 2. The summed E-state index contributed by atoms with van der Waals surface area (Å²) in [5.41, 5.74) is 3.78.